The Morgan fingerprint density at radius 1 is 0.909 bits per heavy atom. The molecule has 1 aliphatic rings. The van der Waals surface area contributed by atoms with E-state index >= 15 is 0 Å². The van der Waals surface area contributed by atoms with Crippen LogP contribution in [-0.2, 0) is 0 Å². The average molecular weight is 443 g/mol. The number of hydrogen-bond acceptors (Lipinski definition) is 7. The van der Waals surface area contributed by atoms with E-state index in [2.05, 4.69) is 27.1 Å². The van der Waals surface area contributed by atoms with Crippen LogP contribution in [0.2, 0.25) is 0 Å². The molecular formula is C25H26N6O2. The van der Waals surface area contributed by atoms with Crippen molar-refractivity contribution in [2.45, 2.75) is 6.92 Å². The van der Waals surface area contributed by atoms with E-state index in [1.165, 1.54) is 0 Å². The molecule has 0 spiro atoms. The molecule has 2 aromatic carbocycles. The third-order valence-electron chi connectivity index (χ3n) is 5.82. The summed E-state index contributed by atoms with van der Waals surface area (Å²) in [7, 11) is 2.07. The maximum atomic E-state index is 12.8. The van der Waals surface area contributed by atoms with Gasteiger partial charge in [-0.05, 0) is 38.2 Å². The van der Waals surface area contributed by atoms with Gasteiger partial charge in [0.05, 0.1) is 17.6 Å². The van der Waals surface area contributed by atoms with Gasteiger partial charge in [0.2, 0.25) is 5.89 Å². The van der Waals surface area contributed by atoms with E-state index in [1.54, 1.807) is 6.20 Å². The van der Waals surface area contributed by atoms with E-state index in [0.717, 1.165) is 37.3 Å². The lowest BCUT2D eigenvalue weighted by Crippen LogP contribution is -2.47. The first-order valence-corrected chi connectivity index (χ1v) is 10.9. The molecule has 1 saturated heterocycles. The molecule has 0 bridgehead atoms. The highest BCUT2D eigenvalue weighted by Gasteiger charge is 2.21. The maximum Gasteiger partial charge on any atom is 0.268 e. The minimum atomic E-state index is 0. The Kier molecular flexibility index (Phi) is 5.66. The van der Waals surface area contributed by atoms with Crippen molar-refractivity contribution in [3.8, 4) is 34.3 Å². The highest BCUT2D eigenvalue weighted by Crippen LogP contribution is 2.26. The average Bonchev–Trinajstić information content (AvgIpc) is 3.35. The summed E-state index contributed by atoms with van der Waals surface area (Å²) in [5.41, 5.74) is 4.30. The number of carbonyl (C=O) groups excluding carboxylic acids is 1. The summed E-state index contributed by atoms with van der Waals surface area (Å²) in [4.78, 5) is 26.2. The first-order valence-electron chi connectivity index (χ1n) is 10.9. The van der Waals surface area contributed by atoms with Crippen LogP contribution in [0.5, 0.6) is 0 Å². The second-order valence-corrected chi connectivity index (χ2v) is 8.14. The number of amides is 1. The summed E-state index contributed by atoms with van der Waals surface area (Å²) in [6.45, 7) is 5.15. The van der Waals surface area contributed by atoms with Gasteiger partial charge in [0.15, 0.2) is 0 Å². The van der Waals surface area contributed by atoms with Gasteiger partial charge < -0.3 is 14.2 Å². The topological polar surface area (TPSA) is 88.3 Å². The molecule has 0 saturated carbocycles. The third-order valence-corrected chi connectivity index (χ3v) is 5.82. The molecule has 2 aromatic heterocycles. The lowest BCUT2D eigenvalue weighted by atomic mass is 10.1. The lowest BCUT2D eigenvalue weighted by Gasteiger charge is -2.32. The fraction of sp³-hybridized carbons (Fsp3) is 0.240. The molecule has 33 heavy (non-hydrogen) atoms. The Morgan fingerprint density at radius 3 is 2.33 bits per heavy atom. The Morgan fingerprint density at radius 2 is 1.61 bits per heavy atom. The van der Waals surface area contributed by atoms with E-state index in [0.29, 0.717) is 34.4 Å². The summed E-state index contributed by atoms with van der Waals surface area (Å²) < 4.78 is 5.87. The molecule has 1 amide bonds. The summed E-state index contributed by atoms with van der Waals surface area (Å²) in [5, 5.41) is 8.34. The molecule has 0 aliphatic carbocycles. The SMILES string of the molecule is Cc1ncc(-c2ccc(C(=O)N3CCN(C)CC3)cc2)nc1-c1nnc(-c2ccccc2)o1.[HH]. The second-order valence-electron chi connectivity index (χ2n) is 8.14. The third kappa shape index (κ3) is 4.38. The Labute approximate surface area is 193 Å². The summed E-state index contributed by atoms with van der Waals surface area (Å²) in [6, 6.07) is 17.1. The monoisotopic (exact) mass is 442 g/mol. The van der Waals surface area contributed by atoms with Crippen molar-refractivity contribution < 1.29 is 10.6 Å². The number of aryl methyl sites for hydroxylation is 1. The number of benzene rings is 2. The molecule has 0 radical (unpaired) electrons. The second kappa shape index (κ2) is 8.91. The molecule has 1 aliphatic heterocycles. The van der Waals surface area contributed by atoms with E-state index in [4.69, 9.17) is 9.40 Å². The van der Waals surface area contributed by atoms with Crippen LogP contribution in [-0.4, -0.2) is 69.1 Å². The number of piperazine rings is 1. The molecular weight excluding hydrogens is 416 g/mol. The first-order chi connectivity index (χ1) is 16.1. The lowest BCUT2D eigenvalue weighted by molar-refractivity contribution is 0.0664. The van der Waals surface area contributed by atoms with Gasteiger partial charge >= 0.3 is 0 Å². The van der Waals surface area contributed by atoms with Gasteiger partial charge in [-0.15, -0.1) is 10.2 Å². The molecule has 0 atom stereocenters. The largest absolute Gasteiger partial charge is 0.415 e. The summed E-state index contributed by atoms with van der Waals surface area (Å²) >= 11 is 0. The van der Waals surface area contributed by atoms with Crippen LogP contribution in [0.4, 0.5) is 0 Å². The highest BCUT2D eigenvalue weighted by molar-refractivity contribution is 5.94. The quantitative estimate of drug-likeness (QED) is 0.475. The fourth-order valence-corrected chi connectivity index (χ4v) is 3.78. The normalized spacial score (nSPS) is 14.4. The van der Waals surface area contributed by atoms with Gasteiger partial charge in [0.25, 0.3) is 11.8 Å². The maximum absolute atomic E-state index is 12.8. The zero-order valence-corrected chi connectivity index (χ0v) is 18.6. The van der Waals surface area contributed by atoms with Gasteiger partial charge in [0, 0.05) is 44.3 Å². The molecule has 8 heteroatoms. The number of likely N-dealkylation sites (N-methyl/N-ethyl adjacent to an activating group) is 1. The van der Waals surface area contributed by atoms with Crippen LogP contribution in [0, 0.1) is 6.92 Å². The van der Waals surface area contributed by atoms with Crippen LogP contribution >= 0.6 is 0 Å². The Balaban J connectivity index is 0.00000274. The van der Waals surface area contributed by atoms with Crippen LogP contribution < -0.4 is 0 Å². The zero-order valence-electron chi connectivity index (χ0n) is 18.6. The van der Waals surface area contributed by atoms with Crippen molar-refractivity contribution in [1.82, 2.24) is 30.0 Å². The van der Waals surface area contributed by atoms with E-state index in [-0.39, 0.29) is 7.33 Å². The zero-order chi connectivity index (χ0) is 22.8. The molecule has 3 heterocycles. The van der Waals surface area contributed by atoms with Crippen molar-refractivity contribution in [2.75, 3.05) is 33.2 Å². The number of nitrogens with zero attached hydrogens (tertiary/aromatic N) is 6. The minimum absolute atomic E-state index is 0. The standard InChI is InChI=1S/C25H24N6O2.H2/c1-17-22(24-29-28-23(33-24)19-6-4-3-5-7-19)27-21(16-26-17)18-8-10-20(11-9-18)25(32)31-14-12-30(2)13-15-31;/h3-11,16H,12-15H2,1-2H3;1H. The van der Waals surface area contributed by atoms with Crippen LogP contribution in [0.15, 0.2) is 65.2 Å². The molecule has 0 unspecified atom stereocenters. The smallest absolute Gasteiger partial charge is 0.268 e. The van der Waals surface area contributed by atoms with Crippen molar-refractivity contribution >= 4 is 5.91 Å². The van der Waals surface area contributed by atoms with Gasteiger partial charge in [0.1, 0.15) is 5.69 Å². The summed E-state index contributed by atoms with van der Waals surface area (Å²) in [5.74, 6) is 0.816. The van der Waals surface area contributed by atoms with Crippen LogP contribution in [0.3, 0.4) is 0 Å². The molecule has 168 valence electrons. The Hall–Kier alpha value is -3.91. The van der Waals surface area contributed by atoms with Crippen LogP contribution in [0.25, 0.3) is 34.3 Å². The van der Waals surface area contributed by atoms with Crippen molar-refractivity contribution in [1.29, 1.82) is 0 Å². The van der Waals surface area contributed by atoms with E-state index in [9.17, 15) is 4.79 Å². The minimum Gasteiger partial charge on any atom is -0.415 e. The van der Waals surface area contributed by atoms with E-state index in [1.807, 2.05) is 66.4 Å². The van der Waals surface area contributed by atoms with Gasteiger partial charge in [-0.2, -0.15) is 0 Å². The predicted molar refractivity (Wildman–Crippen MR) is 126 cm³/mol. The Bertz CT molecular complexity index is 1270. The number of carbonyl (C=O) groups is 1. The summed E-state index contributed by atoms with van der Waals surface area (Å²) in [6.07, 6.45) is 1.71. The van der Waals surface area contributed by atoms with Crippen molar-refractivity contribution in [3.05, 3.63) is 72.1 Å². The molecule has 0 N–H and O–H groups in total. The first kappa shape index (κ1) is 21.0. The molecule has 1 fully saturated rings. The van der Waals surface area contributed by atoms with Crippen molar-refractivity contribution in [3.63, 3.8) is 0 Å². The molecule has 5 rings (SSSR count). The van der Waals surface area contributed by atoms with E-state index < -0.39 is 0 Å². The number of aromatic nitrogens is 4. The predicted octanol–water partition coefficient (Wildman–Crippen LogP) is 3.80. The number of hydrogen-bond donors (Lipinski definition) is 0. The number of rotatable bonds is 4. The van der Waals surface area contributed by atoms with Gasteiger partial charge in [-0.3, -0.25) is 9.78 Å². The van der Waals surface area contributed by atoms with Gasteiger partial charge in [-0.25, -0.2) is 4.98 Å². The molecule has 8 nitrogen and oxygen atoms in total. The fourth-order valence-electron chi connectivity index (χ4n) is 3.78. The highest BCUT2D eigenvalue weighted by atomic mass is 16.4. The van der Waals surface area contributed by atoms with Crippen molar-refractivity contribution in [2.24, 2.45) is 0 Å². The van der Waals surface area contributed by atoms with Crippen LogP contribution in [0.1, 0.15) is 17.5 Å². The molecule has 4 aromatic rings. The van der Waals surface area contributed by atoms with Gasteiger partial charge in [-0.1, -0.05) is 30.3 Å².